The van der Waals surface area contributed by atoms with E-state index in [1.54, 1.807) is 11.3 Å². The number of fused-ring (bicyclic) bond motifs is 1. The summed E-state index contributed by atoms with van der Waals surface area (Å²) >= 11 is 5.27. The van der Waals surface area contributed by atoms with Crippen molar-refractivity contribution in [2.45, 2.75) is 20.0 Å². The number of thiophene rings is 1. The molecule has 3 aromatic rings. The third-order valence-electron chi connectivity index (χ3n) is 3.21. The third kappa shape index (κ3) is 2.80. The van der Waals surface area contributed by atoms with Crippen LogP contribution in [0, 0.1) is 0 Å². The molecule has 0 radical (unpaired) electrons. The molecule has 1 aromatic carbocycles. The molecular weight excluding hydrogens is 334 g/mol. The molecule has 0 unspecified atom stereocenters. The van der Waals surface area contributed by atoms with E-state index < -0.39 is 0 Å². The molecule has 3 nitrogen and oxygen atoms in total. The normalized spacial score (nSPS) is 11.3. The standard InChI is InChI=1S/C15H16BrN3S/c1-2-17-9-13-12-5-3-4-6-14(12)19(18-13)10-11-7-8-15(16)20-11/h3-8,17H,2,9-10H2,1H3. The summed E-state index contributed by atoms with van der Waals surface area (Å²) in [7, 11) is 0. The van der Waals surface area contributed by atoms with E-state index >= 15 is 0 Å². The van der Waals surface area contributed by atoms with Crippen molar-refractivity contribution in [1.82, 2.24) is 15.1 Å². The van der Waals surface area contributed by atoms with E-state index in [0.717, 1.165) is 29.1 Å². The van der Waals surface area contributed by atoms with Crippen molar-refractivity contribution in [3.63, 3.8) is 0 Å². The summed E-state index contributed by atoms with van der Waals surface area (Å²) in [5, 5.41) is 9.37. The Bertz CT molecular complexity index is 717. The van der Waals surface area contributed by atoms with Crippen molar-refractivity contribution >= 4 is 38.2 Å². The molecule has 2 heterocycles. The van der Waals surface area contributed by atoms with E-state index in [4.69, 9.17) is 5.10 Å². The Balaban J connectivity index is 1.97. The van der Waals surface area contributed by atoms with Crippen LogP contribution in [0.1, 0.15) is 17.5 Å². The number of nitrogens with zero attached hydrogens (tertiary/aromatic N) is 2. The minimum atomic E-state index is 0.818. The van der Waals surface area contributed by atoms with Crippen LogP contribution in [-0.2, 0) is 13.1 Å². The van der Waals surface area contributed by atoms with E-state index in [1.807, 2.05) is 0 Å². The zero-order valence-corrected chi connectivity index (χ0v) is 13.7. The minimum Gasteiger partial charge on any atom is -0.311 e. The predicted molar refractivity (Wildman–Crippen MR) is 88.2 cm³/mol. The summed E-state index contributed by atoms with van der Waals surface area (Å²) in [6.07, 6.45) is 0. The molecular formula is C15H16BrN3S. The zero-order chi connectivity index (χ0) is 13.9. The number of para-hydroxylation sites is 1. The van der Waals surface area contributed by atoms with Crippen LogP contribution in [0.25, 0.3) is 10.9 Å². The average molecular weight is 350 g/mol. The third-order valence-corrected chi connectivity index (χ3v) is 4.82. The van der Waals surface area contributed by atoms with Gasteiger partial charge < -0.3 is 5.32 Å². The SMILES string of the molecule is CCNCc1nn(Cc2ccc(Br)s2)c2ccccc12. The molecule has 5 heteroatoms. The van der Waals surface area contributed by atoms with Crippen LogP contribution in [0.4, 0.5) is 0 Å². The maximum atomic E-state index is 4.78. The van der Waals surface area contributed by atoms with Crippen molar-refractivity contribution in [2.75, 3.05) is 6.54 Å². The van der Waals surface area contributed by atoms with Gasteiger partial charge in [0.05, 0.1) is 21.5 Å². The Hall–Kier alpha value is -1.17. The van der Waals surface area contributed by atoms with Gasteiger partial charge in [0.15, 0.2) is 0 Å². The molecule has 0 bridgehead atoms. The second-order valence-electron chi connectivity index (χ2n) is 4.61. The van der Waals surface area contributed by atoms with Crippen molar-refractivity contribution in [3.05, 3.63) is 50.8 Å². The fraction of sp³-hybridized carbons (Fsp3) is 0.267. The maximum absolute atomic E-state index is 4.78. The van der Waals surface area contributed by atoms with Crippen LogP contribution < -0.4 is 5.32 Å². The first-order valence-electron chi connectivity index (χ1n) is 6.67. The molecule has 0 spiro atoms. The molecule has 20 heavy (non-hydrogen) atoms. The molecule has 0 saturated heterocycles. The van der Waals surface area contributed by atoms with Gasteiger partial charge in [-0.15, -0.1) is 11.3 Å². The Morgan fingerprint density at radius 1 is 1.25 bits per heavy atom. The second kappa shape index (κ2) is 6.08. The number of rotatable bonds is 5. The number of halogens is 1. The lowest BCUT2D eigenvalue weighted by atomic mass is 10.2. The Labute approximate surface area is 130 Å². The summed E-state index contributed by atoms with van der Waals surface area (Å²) < 4.78 is 3.26. The molecule has 3 rings (SSSR count). The van der Waals surface area contributed by atoms with Gasteiger partial charge in [-0.25, -0.2) is 0 Å². The van der Waals surface area contributed by atoms with Gasteiger partial charge in [-0.05, 0) is 40.7 Å². The van der Waals surface area contributed by atoms with Gasteiger partial charge in [-0.1, -0.05) is 25.1 Å². The van der Waals surface area contributed by atoms with Crippen LogP contribution in [0.5, 0.6) is 0 Å². The highest BCUT2D eigenvalue weighted by Gasteiger charge is 2.10. The van der Waals surface area contributed by atoms with Gasteiger partial charge in [0.25, 0.3) is 0 Å². The summed E-state index contributed by atoms with van der Waals surface area (Å²) in [5.41, 5.74) is 2.32. The van der Waals surface area contributed by atoms with E-state index in [0.29, 0.717) is 0 Å². The monoisotopic (exact) mass is 349 g/mol. The second-order valence-corrected chi connectivity index (χ2v) is 7.16. The number of benzene rings is 1. The summed E-state index contributed by atoms with van der Waals surface area (Å²) in [4.78, 5) is 1.31. The van der Waals surface area contributed by atoms with Gasteiger partial charge in [0.1, 0.15) is 0 Å². The number of aromatic nitrogens is 2. The molecule has 2 aromatic heterocycles. The van der Waals surface area contributed by atoms with E-state index in [-0.39, 0.29) is 0 Å². The molecule has 104 valence electrons. The molecule has 0 aliphatic heterocycles. The predicted octanol–water partition coefficient (Wildman–Crippen LogP) is 4.02. The molecule has 0 aliphatic carbocycles. The highest BCUT2D eigenvalue weighted by Crippen LogP contribution is 2.25. The smallest absolute Gasteiger partial charge is 0.0841 e. The molecule has 0 saturated carbocycles. The summed E-state index contributed by atoms with van der Waals surface area (Å²) in [5.74, 6) is 0. The lowest BCUT2D eigenvalue weighted by Crippen LogP contribution is -2.12. The molecule has 0 amide bonds. The lowest BCUT2D eigenvalue weighted by molar-refractivity contribution is 0.661. The van der Waals surface area contributed by atoms with Crippen molar-refractivity contribution in [3.8, 4) is 0 Å². The maximum Gasteiger partial charge on any atom is 0.0841 e. The topological polar surface area (TPSA) is 29.9 Å². The molecule has 0 atom stereocenters. The van der Waals surface area contributed by atoms with Gasteiger partial charge in [-0.3, -0.25) is 4.68 Å². The fourth-order valence-corrected chi connectivity index (χ4v) is 3.74. The largest absolute Gasteiger partial charge is 0.311 e. The van der Waals surface area contributed by atoms with Gasteiger partial charge in [0, 0.05) is 16.8 Å². The van der Waals surface area contributed by atoms with Gasteiger partial charge in [-0.2, -0.15) is 5.10 Å². The van der Waals surface area contributed by atoms with Gasteiger partial charge >= 0.3 is 0 Å². The zero-order valence-electron chi connectivity index (χ0n) is 11.3. The minimum absolute atomic E-state index is 0.818. The first-order valence-corrected chi connectivity index (χ1v) is 8.28. The van der Waals surface area contributed by atoms with Crippen molar-refractivity contribution in [2.24, 2.45) is 0 Å². The van der Waals surface area contributed by atoms with E-state index in [1.165, 1.54) is 15.8 Å². The van der Waals surface area contributed by atoms with Crippen LogP contribution in [-0.4, -0.2) is 16.3 Å². The summed E-state index contributed by atoms with van der Waals surface area (Å²) in [6, 6.07) is 12.7. The Morgan fingerprint density at radius 3 is 2.85 bits per heavy atom. The Kier molecular flexibility index (Phi) is 4.19. The van der Waals surface area contributed by atoms with Crippen LogP contribution in [0.15, 0.2) is 40.2 Å². The van der Waals surface area contributed by atoms with Crippen molar-refractivity contribution in [1.29, 1.82) is 0 Å². The Morgan fingerprint density at radius 2 is 2.10 bits per heavy atom. The highest BCUT2D eigenvalue weighted by molar-refractivity contribution is 9.11. The summed E-state index contributed by atoms with van der Waals surface area (Å²) in [6.45, 7) is 4.71. The highest BCUT2D eigenvalue weighted by atomic mass is 79.9. The number of hydrogen-bond acceptors (Lipinski definition) is 3. The number of hydrogen-bond donors (Lipinski definition) is 1. The van der Waals surface area contributed by atoms with Gasteiger partial charge in [0.2, 0.25) is 0 Å². The first-order chi connectivity index (χ1) is 9.78. The number of nitrogens with one attached hydrogen (secondary N) is 1. The molecule has 1 N–H and O–H groups in total. The van der Waals surface area contributed by atoms with Crippen LogP contribution in [0.3, 0.4) is 0 Å². The van der Waals surface area contributed by atoms with Crippen molar-refractivity contribution < 1.29 is 0 Å². The molecule has 0 aliphatic rings. The average Bonchev–Trinajstić information content (AvgIpc) is 3.02. The molecule has 0 fully saturated rings. The first kappa shape index (κ1) is 13.8. The van der Waals surface area contributed by atoms with E-state index in [2.05, 4.69) is 69.3 Å². The van der Waals surface area contributed by atoms with E-state index in [9.17, 15) is 0 Å². The lowest BCUT2D eigenvalue weighted by Gasteiger charge is -2.00. The van der Waals surface area contributed by atoms with Crippen LogP contribution in [0.2, 0.25) is 0 Å². The quantitative estimate of drug-likeness (QED) is 0.753. The fourth-order valence-electron chi connectivity index (χ4n) is 2.28. The van der Waals surface area contributed by atoms with Crippen LogP contribution >= 0.6 is 27.3 Å².